The van der Waals surface area contributed by atoms with Gasteiger partial charge in [0.1, 0.15) is 0 Å². The van der Waals surface area contributed by atoms with E-state index in [0.717, 1.165) is 32.3 Å². The number of hydrogen-bond donors (Lipinski definition) is 2. The summed E-state index contributed by atoms with van der Waals surface area (Å²) in [6.45, 7) is 9.13. The molecule has 3 N–H and O–H groups in total. The van der Waals surface area contributed by atoms with Crippen LogP contribution in [0.15, 0.2) is 0 Å². The number of nitrogens with two attached hydrogens (primary N) is 1. The summed E-state index contributed by atoms with van der Waals surface area (Å²) < 4.78 is 5.38. The normalized spacial score (nSPS) is 11.6. The van der Waals surface area contributed by atoms with Crippen LogP contribution in [0.2, 0.25) is 0 Å². The van der Waals surface area contributed by atoms with Gasteiger partial charge in [0.05, 0.1) is 6.61 Å². The van der Waals surface area contributed by atoms with E-state index in [4.69, 9.17) is 10.5 Å². The molecule has 0 fully saturated rings. The van der Waals surface area contributed by atoms with Crippen LogP contribution in [0.4, 0.5) is 0 Å². The highest BCUT2D eigenvalue weighted by Gasteiger charge is 2.17. The molecule has 0 aliphatic heterocycles. The van der Waals surface area contributed by atoms with Crippen molar-refractivity contribution >= 4 is 5.91 Å². The van der Waals surface area contributed by atoms with E-state index in [1.165, 1.54) is 0 Å². The highest BCUT2D eigenvalue weighted by molar-refractivity contribution is 5.75. The van der Waals surface area contributed by atoms with Crippen LogP contribution in [0.3, 0.4) is 0 Å². The standard InChI is InChI=1S/C14H30N2O2/c1-4-5-11-18-12-10-16-13(17)6-7-14(2,3)8-9-15/h4-12,15H2,1-3H3,(H,16,17). The fourth-order valence-electron chi connectivity index (χ4n) is 1.67. The van der Waals surface area contributed by atoms with Crippen molar-refractivity contribution in [3.8, 4) is 0 Å². The van der Waals surface area contributed by atoms with Gasteiger partial charge in [-0.2, -0.15) is 0 Å². The van der Waals surface area contributed by atoms with E-state index >= 15 is 0 Å². The molecule has 0 rings (SSSR count). The van der Waals surface area contributed by atoms with Crippen molar-refractivity contribution in [2.45, 2.75) is 52.9 Å². The summed E-state index contributed by atoms with van der Waals surface area (Å²) in [7, 11) is 0. The summed E-state index contributed by atoms with van der Waals surface area (Å²) in [5, 5.41) is 2.88. The average molecular weight is 258 g/mol. The van der Waals surface area contributed by atoms with Gasteiger partial charge in [0.25, 0.3) is 0 Å². The Morgan fingerprint density at radius 2 is 2.00 bits per heavy atom. The minimum absolute atomic E-state index is 0.110. The van der Waals surface area contributed by atoms with Gasteiger partial charge >= 0.3 is 0 Å². The van der Waals surface area contributed by atoms with Crippen molar-refractivity contribution in [3.63, 3.8) is 0 Å². The van der Waals surface area contributed by atoms with Crippen molar-refractivity contribution in [2.75, 3.05) is 26.3 Å². The van der Waals surface area contributed by atoms with Gasteiger partial charge in [-0.3, -0.25) is 4.79 Å². The zero-order valence-corrected chi connectivity index (χ0v) is 12.3. The minimum atomic E-state index is 0.110. The van der Waals surface area contributed by atoms with Crippen molar-refractivity contribution in [3.05, 3.63) is 0 Å². The van der Waals surface area contributed by atoms with Crippen LogP contribution in [0, 0.1) is 5.41 Å². The first kappa shape index (κ1) is 17.4. The van der Waals surface area contributed by atoms with E-state index in [0.29, 0.717) is 26.1 Å². The van der Waals surface area contributed by atoms with Crippen molar-refractivity contribution in [2.24, 2.45) is 11.1 Å². The summed E-state index contributed by atoms with van der Waals surface area (Å²) in [4.78, 5) is 11.6. The second-order valence-corrected chi connectivity index (χ2v) is 5.52. The second kappa shape index (κ2) is 10.3. The largest absolute Gasteiger partial charge is 0.380 e. The lowest BCUT2D eigenvalue weighted by atomic mass is 9.84. The number of hydrogen-bond acceptors (Lipinski definition) is 3. The maximum atomic E-state index is 11.6. The van der Waals surface area contributed by atoms with Gasteiger partial charge in [0.15, 0.2) is 0 Å². The predicted octanol–water partition coefficient (Wildman–Crippen LogP) is 2.07. The Morgan fingerprint density at radius 3 is 2.61 bits per heavy atom. The molecule has 4 nitrogen and oxygen atoms in total. The van der Waals surface area contributed by atoms with Crippen LogP contribution in [-0.2, 0) is 9.53 Å². The van der Waals surface area contributed by atoms with Gasteiger partial charge in [-0.1, -0.05) is 27.2 Å². The molecule has 0 saturated carbocycles. The minimum Gasteiger partial charge on any atom is -0.380 e. The molecule has 0 unspecified atom stereocenters. The molecule has 18 heavy (non-hydrogen) atoms. The zero-order chi connectivity index (χ0) is 13.9. The Labute approximate surface area is 112 Å². The van der Waals surface area contributed by atoms with E-state index in [1.54, 1.807) is 0 Å². The van der Waals surface area contributed by atoms with E-state index < -0.39 is 0 Å². The molecule has 0 aromatic heterocycles. The highest BCUT2D eigenvalue weighted by Crippen LogP contribution is 2.25. The number of amides is 1. The van der Waals surface area contributed by atoms with Crippen molar-refractivity contribution in [1.82, 2.24) is 5.32 Å². The van der Waals surface area contributed by atoms with Crippen molar-refractivity contribution in [1.29, 1.82) is 0 Å². The lowest BCUT2D eigenvalue weighted by molar-refractivity contribution is -0.121. The molecule has 4 heteroatoms. The van der Waals surface area contributed by atoms with Crippen LogP contribution < -0.4 is 11.1 Å². The molecular weight excluding hydrogens is 228 g/mol. The average Bonchev–Trinajstić information content (AvgIpc) is 2.31. The fourth-order valence-corrected chi connectivity index (χ4v) is 1.67. The molecule has 108 valence electrons. The van der Waals surface area contributed by atoms with Crippen LogP contribution in [-0.4, -0.2) is 32.2 Å². The molecule has 0 heterocycles. The number of nitrogens with one attached hydrogen (secondary N) is 1. The lowest BCUT2D eigenvalue weighted by Gasteiger charge is -2.23. The molecule has 0 aliphatic rings. The third-order valence-electron chi connectivity index (χ3n) is 3.06. The van der Waals surface area contributed by atoms with Crippen LogP contribution >= 0.6 is 0 Å². The summed E-state index contributed by atoms with van der Waals surface area (Å²) in [6.07, 6.45) is 4.64. The van der Waals surface area contributed by atoms with Gasteiger partial charge in [-0.15, -0.1) is 0 Å². The van der Waals surface area contributed by atoms with E-state index in [-0.39, 0.29) is 11.3 Å². The third kappa shape index (κ3) is 10.5. The van der Waals surface area contributed by atoms with E-state index in [9.17, 15) is 4.79 Å². The molecule has 0 atom stereocenters. The molecular formula is C14H30N2O2. The Hall–Kier alpha value is -0.610. The van der Waals surface area contributed by atoms with Crippen LogP contribution in [0.5, 0.6) is 0 Å². The summed E-state index contributed by atoms with van der Waals surface area (Å²) in [5.74, 6) is 0.110. The first-order chi connectivity index (χ1) is 8.52. The molecule has 0 aromatic rings. The smallest absolute Gasteiger partial charge is 0.220 e. The SMILES string of the molecule is CCCCOCCNC(=O)CCC(C)(C)CCN. The molecule has 0 spiro atoms. The summed E-state index contributed by atoms with van der Waals surface area (Å²) in [6, 6.07) is 0. The first-order valence-corrected chi connectivity index (χ1v) is 7.06. The van der Waals surface area contributed by atoms with Crippen molar-refractivity contribution < 1.29 is 9.53 Å². The number of unbranched alkanes of at least 4 members (excludes halogenated alkanes) is 1. The van der Waals surface area contributed by atoms with Gasteiger partial charge in [-0.05, 0) is 31.2 Å². The zero-order valence-electron chi connectivity index (χ0n) is 12.3. The summed E-state index contributed by atoms with van der Waals surface area (Å²) >= 11 is 0. The quantitative estimate of drug-likeness (QED) is 0.558. The number of rotatable bonds is 11. The number of carbonyl (C=O) groups is 1. The number of ether oxygens (including phenoxy) is 1. The Kier molecular flexibility index (Phi) is 9.98. The molecule has 0 radical (unpaired) electrons. The van der Waals surface area contributed by atoms with Gasteiger partial charge in [-0.25, -0.2) is 0 Å². The van der Waals surface area contributed by atoms with E-state index in [2.05, 4.69) is 26.1 Å². The maximum absolute atomic E-state index is 11.6. The second-order valence-electron chi connectivity index (χ2n) is 5.52. The third-order valence-corrected chi connectivity index (χ3v) is 3.06. The molecule has 0 aromatic carbocycles. The van der Waals surface area contributed by atoms with Gasteiger partial charge in [0, 0.05) is 19.6 Å². The Morgan fingerprint density at radius 1 is 1.28 bits per heavy atom. The molecule has 0 bridgehead atoms. The lowest BCUT2D eigenvalue weighted by Crippen LogP contribution is -2.29. The van der Waals surface area contributed by atoms with E-state index in [1.807, 2.05) is 0 Å². The molecule has 0 saturated heterocycles. The van der Waals surface area contributed by atoms with Crippen LogP contribution in [0.25, 0.3) is 0 Å². The monoisotopic (exact) mass is 258 g/mol. The Balaban J connectivity index is 3.48. The van der Waals surface area contributed by atoms with Gasteiger partial charge < -0.3 is 15.8 Å². The summed E-state index contributed by atoms with van der Waals surface area (Å²) in [5.41, 5.74) is 5.70. The van der Waals surface area contributed by atoms with Crippen LogP contribution in [0.1, 0.15) is 52.9 Å². The molecule has 1 amide bonds. The molecule has 0 aliphatic carbocycles. The highest BCUT2D eigenvalue weighted by atomic mass is 16.5. The maximum Gasteiger partial charge on any atom is 0.220 e. The fraction of sp³-hybridized carbons (Fsp3) is 0.929. The number of carbonyl (C=O) groups excluding carboxylic acids is 1. The predicted molar refractivity (Wildman–Crippen MR) is 75.4 cm³/mol. The topological polar surface area (TPSA) is 64.3 Å². The Bertz CT molecular complexity index is 218. The van der Waals surface area contributed by atoms with Gasteiger partial charge in [0.2, 0.25) is 5.91 Å². The first-order valence-electron chi connectivity index (χ1n) is 7.06.